The van der Waals surface area contributed by atoms with Crippen LogP contribution in [0, 0.1) is 0 Å². The average Bonchev–Trinajstić information content (AvgIpc) is 3.40. The molecule has 0 bridgehead atoms. The molecular weight excluding hydrogens is 400 g/mol. The van der Waals surface area contributed by atoms with E-state index in [1.807, 2.05) is 37.5 Å². The van der Waals surface area contributed by atoms with Crippen LogP contribution >= 0.6 is 0 Å². The van der Waals surface area contributed by atoms with Crippen LogP contribution in [0.2, 0.25) is 0 Å². The molecule has 0 unspecified atom stereocenters. The van der Waals surface area contributed by atoms with Gasteiger partial charge in [0, 0.05) is 33.9 Å². The number of aldehydes is 1. The number of carbonyl (C=O) groups excluding carboxylic acids is 2. The summed E-state index contributed by atoms with van der Waals surface area (Å²) in [6, 6.07) is 7.57. The Kier molecular flexibility index (Phi) is 9.05. The van der Waals surface area contributed by atoms with Crippen LogP contribution < -0.4 is 10.3 Å². The van der Waals surface area contributed by atoms with Crippen molar-refractivity contribution < 1.29 is 14.3 Å². The lowest BCUT2D eigenvalue weighted by Crippen LogP contribution is -2.19. The van der Waals surface area contributed by atoms with E-state index in [1.54, 1.807) is 47.7 Å². The fraction of sp³-hybridized carbons (Fsp3) is 0.300. The molecule has 1 amide bonds. The largest absolute Gasteiger partial charge is 0.383 e. The highest BCUT2D eigenvalue weighted by atomic mass is 16.5. The molecular formula is C20H26N8O3. The molecule has 0 radical (unpaired) electrons. The third kappa shape index (κ3) is 6.85. The number of carbonyl (C=O) groups is 2. The fourth-order valence-corrected chi connectivity index (χ4v) is 2.41. The molecule has 11 heteroatoms. The number of nitrogens with one attached hydrogen (secondary N) is 1. The summed E-state index contributed by atoms with van der Waals surface area (Å²) in [6.45, 7) is 2.89. The Hall–Kier alpha value is -3.86. The lowest BCUT2D eigenvalue weighted by Gasteiger charge is -2.12. The Balaban J connectivity index is 0.000000423. The van der Waals surface area contributed by atoms with Gasteiger partial charge >= 0.3 is 0 Å². The van der Waals surface area contributed by atoms with Gasteiger partial charge in [-0.3, -0.25) is 19.3 Å². The lowest BCUT2D eigenvalue weighted by atomic mass is 10.3. The van der Waals surface area contributed by atoms with Crippen LogP contribution in [0.1, 0.15) is 6.92 Å². The highest BCUT2D eigenvalue weighted by Gasteiger charge is 2.11. The number of anilines is 1. The van der Waals surface area contributed by atoms with Crippen molar-refractivity contribution in [2.24, 2.45) is 12.1 Å². The predicted molar refractivity (Wildman–Crippen MR) is 118 cm³/mol. The summed E-state index contributed by atoms with van der Waals surface area (Å²) in [7, 11) is 5.23. The molecule has 0 aliphatic carbocycles. The Labute approximate surface area is 180 Å². The minimum Gasteiger partial charge on any atom is -0.383 e. The number of rotatable bonds is 8. The number of aryl methyl sites for hydroxylation is 1. The van der Waals surface area contributed by atoms with Crippen molar-refractivity contribution in [3.05, 3.63) is 48.3 Å². The second kappa shape index (κ2) is 12.0. The van der Waals surface area contributed by atoms with Crippen LogP contribution in [0.15, 0.2) is 53.4 Å². The summed E-state index contributed by atoms with van der Waals surface area (Å²) in [5.74, 6) is 0.486. The molecule has 0 aliphatic rings. The number of amides is 1. The summed E-state index contributed by atoms with van der Waals surface area (Å²) in [5.41, 5.74) is 2.92. The maximum Gasteiger partial charge on any atom is 0.207 e. The van der Waals surface area contributed by atoms with Crippen molar-refractivity contribution >= 4 is 35.3 Å². The average molecular weight is 426 g/mol. The highest BCUT2D eigenvalue weighted by molar-refractivity contribution is 6.02. The smallest absolute Gasteiger partial charge is 0.207 e. The molecule has 3 aromatic rings. The van der Waals surface area contributed by atoms with Crippen molar-refractivity contribution in [2.75, 3.05) is 32.3 Å². The maximum absolute atomic E-state index is 11.0. The third-order valence-corrected chi connectivity index (χ3v) is 3.96. The number of ether oxygens (including phenoxy) is 1. The molecule has 11 nitrogen and oxygen atoms in total. The van der Waals surface area contributed by atoms with Crippen molar-refractivity contribution in [1.82, 2.24) is 30.1 Å². The number of hydrazone groups is 1. The normalized spacial score (nSPS) is 11.6. The SMILES string of the molecule is C/C(C=O)=C/C(=N\N(C)c1cnn(C)c1)n1nnc2ccccc21.COCCNC=O. The van der Waals surface area contributed by atoms with Gasteiger partial charge in [0.05, 0.1) is 24.0 Å². The quantitative estimate of drug-likeness (QED) is 0.142. The van der Waals surface area contributed by atoms with Crippen molar-refractivity contribution in [3.8, 4) is 0 Å². The molecule has 0 aliphatic heterocycles. The van der Waals surface area contributed by atoms with Crippen molar-refractivity contribution in [3.63, 3.8) is 0 Å². The van der Waals surface area contributed by atoms with Crippen LogP contribution in [0.5, 0.6) is 0 Å². The summed E-state index contributed by atoms with van der Waals surface area (Å²) in [6.07, 6.45) is 6.65. The zero-order chi connectivity index (χ0) is 22.6. The zero-order valence-electron chi connectivity index (χ0n) is 18.0. The van der Waals surface area contributed by atoms with Gasteiger partial charge in [0.1, 0.15) is 11.8 Å². The van der Waals surface area contributed by atoms with Crippen LogP contribution in [0.4, 0.5) is 5.69 Å². The van der Waals surface area contributed by atoms with Crippen LogP contribution in [-0.4, -0.2) is 70.6 Å². The minimum atomic E-state index is 0.486. The van der Waals surface area contributed by atoms with E-state index >= 15 is 0 Å². The number of fused-ring (bicyclic) bond motifs is 1. The second-order valence-electron chi connectivity index (χ2n) is 6.41. The lowest BCUT2D eigenvalue weighted by molar-refractivity contribution is -0.109. The van der Waals surface area contributed by atoms with Crippen LogP contribution in [0.25, 0.3) is 11.0 Å². The van der Waals surface area contributed by atoms with Gasteiger partial charge in [-0.2, -0.15) is 14.9 Å². The van der Waals surface area contributed by atoms with Gasteiger partial charge in [0.2, 0.25) is 6.41 Å². The van der Waals surface area contributed by atoms with E-state index in [0.29, 0.717) is 31.0 Å². The molecule has 1 aromatic carbocycles. The number of benzene rings is 1. The number of aromatic nitrogens is 5. The third-order valence-electron chi connectivity index (χ3n) is 3.96. The first kappa shape index (κ1) is 23.4. The summed E-state index contributed by atoms with van der Waals surface area (Å²) >= 11 is 0. The van der Waals surface area contributed by atoms with Crippen LogP contribution in [-0.2, 0) is 21.4 Å². The van der Waals surface area contributed by atoms with Gasteiger partial charge in [-0.25, -0.2) is 0 Å². The van der Waals surface area contributed by atoms with E-state index in [2.05, 4.69) is 30.6 Å². The standard InChI is InChI=1S/C16H17N7O.C4H9NO2/c1-12(11-24)8-16(19-22(3)13-9-17-21(2)10-13)23-15-7-5-4-6-14(15)18-20-23;1-7-3-2-5-4-6/h4-11H,1-3H3;4H,2-3H2,1H3,(H,5,6)/b12-8-,19-16+;. The second-order valence-corrected chi connectivity index (χ2v) is 6.41. The number of methoxy groups -OCH3 is 1. The van der Waals surface area contributed by atoms with E-state index in [9.17, 15) is 9.59 Å². The number of nitrogens with zero attached hydrogens (tertiary/aromatic N) is 7. The zero-order valence-corrected chi connectivity index (χ0v) is 18.0. The molecule has 0 saturated heterocycles. The molecule has 0 fully saturated rings. The molecule has 2 heterocycles. The molecule has 0 spiro atoms. The Bertz CT molecular complexity index is 1050. The topological polar surface area (TPSA) is 120 Å². The van der Waals surface area contributed by atoms with Crippen molar-refractivity contribution in [2.45, 2.75) is 6.92 Å². The van der Waals surface area contributed by atoms with Gasteiger partial charge in [0.15, 0.2) is 5.84 Å². The Morgan fingerprint density at radius 2 is 2.10 bits per heavy atom. The first-order chi connectivity index (χ1) is 15.0. The van der Waals surface area contributed by atoms with E-state index in [4.69, 9.17) is 0 Å². The molecule has 0 saturated carbocycles. The number of hydrogen-bond acceptors (Lipinski definition) is 8. The number of para-hydroxylation sites is 1. The van der Waals surface area contributed by atoms with Gasteiger partial charge < -0.3 is 10.1 Å². The molecule has 1 N–H and O–H groups in total. The summed E-state index contributed by atoms with van der Waals surface area (Å²) in [4.78, 5) is 20.6. The van der Waals surface area contributed by atoms with Gasteiger partial charge in [-0.05, 0) is 30.7 Å². The Morgan fingerprint density at radius 3 is 2.74 bits per heavy atom. The minimum absolute atomic E-state index is 0.486. The molecule has 0 atom stereocenters. The van der Waals surface area contributed by atoms with E-state index in [0.717, 1.165) is 23.0 Å². The van der Waals surface area contributed by atoms with E-state index < -0.39 is 0 Å². The predicted octanol–water partition coefficient (Wildman–Crippen LogP) is 0.987. The Morgan fingerprint density at radius 1 is 1.32 bits per heavy atom. The molecule has 164 valence electrons. The van der Waals surface area contributed by atoms with Crippen LogP contribution in [0.3, 0.4) is 0 Å². The van der Waals surface area contributed by atoms with E-state index in [-0.39, 0.29) is 0 Å². The maximum atomic E-state index is 11.0. The fourth-order valence-electron chi connectivity index (χ4n) is 2.41. The monoisotopic (exact) mass is 426 g/mol. The van der Waals surface area contributed by atoms with E-state index in [1.165, 1.54) is 0 Å². The molecule has 2 aromatic heterocycles. The van der Waals surface area contributed by atoms with Crippen molar-refractivity contribution in [1.29, 1.82) is 0 Å². The highest BCUT2D eigenvalue weighted by Crippen LogP contribution is 2.14. The van der Waals surface area contributed by atoms with Gasteiger partial charge in [-0.15, -0.1) is 5.10 Å². The van der Waals surface area contributed by atoms with Gasteiger partial charge in [0.25, 0.3) is 0 Å². The first-order valence-electron chi connectivity index (χ1n) is 9.41. The first-order valence-corrected chi connectivity index (χ1v) is 9.41. The number of hydrogen-bond donors (Lipinski definition) is 1. The molecule has 3 rings (SSSR count). The number of allylic oxidation sites excluding steroid dienone is 2. The summed E-state index contributed by atoms with van der Waals surface area (Å²) in [5, 5.41) is 21.1. The summed E-state index contributed by atoms with van der Waals surface area (Å²) < 4.78 is 7.92. The molecule has 31 heavy (non-hydrogen) atoms. The van der Waals surface area contributed by atoms with Gasteiger partial charge in [-0.1, -0.05) is 17.3 Å².